The number of anilines is 1. The molecule has 0 saturated carbocycles. The lowest BCUT2D eigenvalue weighted by molar-refractivity contribution is 0.0696. The zero-order chi connectivity index (χ0) is 21.5. The van der Waals surface area contributed by atoms with E-state index >= 15 is 0 Å². The number of benzene rings is 2. The van der Waals surface area contributed by atoms with Crippen LogP contribution in [0.25, 0.3) is 11.1 Å². The number of carbonyl (C=O) groups is 1. The molecule has 3 aromatic rings. The van der Waals surface area contributed by atoms with Gasteiger partial charge in [0.2, 0.25) is 0 Å². The van der Waals surface area contributed by atoms with E-state index < -0.39 is 12.1 Å². The predicted octanol–water partition coefficient (Wildman–Crippen LogP) is 4.22. The number of carboxylic acid groups (broad SMARTS) is 1. The highest BCUT2D eigenvalue weighted by molar-refractivity contribution is 6.30. The van der Waals surface area contributed by atoms with E-state index in [4.69, 9.17) is 16.7 Å². The van der Waals surface area contributed by atoms with Crippen molar-refractivity contribution >= 4 is 23.3 Å². The summed E-state index contributed by atoms with van der Waals surface area (Å²) in [5.41, 5.74) is 3.47. The Morgan fingerprint density at radius 2 is 1.87 bits per heavy atom. The molecule has 0 aliphatic rings. The van der Waals surface area contributed by atoms with E-state index in [2.05, 4.69) is 15.6 Å². The molecule has 0 fully saturated rings. The first-order valence-electron chi connectivity index (χ1n) is 9.62. The lowest BCUT2D eigenvalue weighted by atomic mass is 10.1. The molecule has 0 amide bonds. The average Bonchev–Trinajstić information content (AvgIpc) is 2.76. The molecule has 1 heterocycles. The van der Waals surface area contributed by atoms with Crippen molar-refractivity contribution in [3.05, 3.63) is 83.1 Å². The van der Waals surface area contributed by atoms with Gasteiger partial charge < -0.3 is 20.8 Å². The molecule has 2 aromatic carbocycles. The molecule has 0 bridgehead atoms. The van der Waals surface area contributed by atoms with Gasteiger partial charge in [-0.1, -0.05) is 35.9 Å². The van der Waals surface area contributed by atoms with Crippen LogP contribution in [0.3, 0.4) is 0 Å². The van der Waals surface area contributed by atoms with Crippen molar-refractivity contribution in [3.63, 3.8) is 0 Å². The SMILES string of the molecule is CC(CNc1cccc(-c2cncc(C(=O)O)c2)c1)NCC(O)c1cccc(Cl)c1. The number of aromatic nitrogens is 1. The Balaban J connectivity index is 1.55. The number of aliphatic hydroxyl groups is 1. The van der Waals surface area contributed by atoms with Crippen LogP contribution in [0.15, 0.2) is 67.0 Å². The quantitative estimate of drug-likeness (QED) is 0.410. The first-order valence-corrected chi connectivity index (χ1v) is 10.00. The van der Waals surface area contributed by atoms with Crippen molar-refractivity contribution < 1.29 is 15.0 Å². The summed E-state index contributed by atoms with van der Waals surface area (Å²) in [7, 11) is 0. The summed E-state index contributed by atoms with van der Waals surface area (Å²) < 4.78 is 0. The number of aliphatic hydroxyl groups excluding tert-OH is 1. The maximum atomic E-state index is 11.2. The van der Waals surface area contributed by atoms with Crippen molar-refractivity contribution in [1.82, 2.24) is 10.3 Å². The summed E-state index contributed by atoms with van der Waals surface area (Å²) >= 11 is 5.98. The Bertz CT molecular complexity index is 1010. The van der Waals surface area contributed by atoms with Crippen LogP contribution in [0.5, 0.6) is 0 Å². The molecule has 3 rings (SSSR count). The smallest absolute Gasteiger partial charge is 0.337 e. The van der Waals surface area contributed by atoms with E-state index in [0.29, 0.717) is 18.1 Å². The standard InChI is InChI=1S/C23H24ClN3O3/c1-15(26-14-22(28)17-5-2-6-20(24)9-17)11-27-21-7-3-4-16(10-21)18-8-19(23(29)30)13-25-12-18/h2-10,12-13,15,22,26-28H,11,14H2,1H3,(H,29,30). The van der Waals surface area contributed by atoms with Crippen LogP contribution in [0, 0.1) is 0 Å². The highest BCUT2D eigenvalue weighted by Gasteiger charge is 2.10. The van der Waals surface area contributed by atoms with Crippen LogP contribution in [-0.4, -0.2) is 40.3 Å². The van der Waals surface area contributed by atoms with Crippen LogP contribution in [0.2, 0.25) is 5.02 Å². The van der Waals surface area contributed by atoms with Crippen molar-refractivity contribution in [2.75, 3.05) is 18.4 Å². The van der Waals surface area contributed by atoms with Crippen LogP contribution in [0.4, 0.5) is 5.69 Å². The molecule has 0 aliphatic carbocycles. The van der Waals surface area contributed by atoms with Gasteiger partial charge in [0.1, 0.15) is 0 Å². The van der Waals surface area contributed by atoms with Crippen LogP contribution >= 0.6 is 11.6 Å². The fraction of sp³-hybridized carbons (Fsp3) is 0.217. The van der Waals surface area contributed by atoms with Gasteiger partial charge in [-0.25, -0.2) is 4.79 Å². The predicted molar refractivity (Wildman–Crippen MR) is 119 cm³/mol. The van der Waals surface area contributed by atoms with E-state index in [9.17, 15) is 9.90 Å². The third-order valence-corrected chi connectivity index (χ3v) is 4.92. The lowest BCUT2D eigenvalue weighted by Gasteiger charge is -2.19. The molecule has 0 aliphatic heterocycles. The Labute approximate surface area is 180 Å². The number of halogens is 1. The number of hydrogen-bond donors (Lipinski definition) is 4. The number of aromatic carboxylic acids is 1. The number of rotatable bonds is 9. The van der Waals surface area contributed by atoms with Gasteiger partial charge in [-0.15, -0.1) is 0 Å². The average molecular weight is 426 g/mol. The second kappa shape index (κ2) is 10.2. The van der Waals surface area contributed by atoms with Gasteiger partial charge in [-0.2, -0.15) is 0 Å². The zero-order valence-electron chi connectivity index (χ0n) is 16.5. The minimum absolute atomic E-state index is 0.111. The first kappa shape index (κ1) is 21.8. The molecule has 0 saturated heterocycles. The topological polar surface area (TPSA) is 94.5 Å². The number of hydrogen-bond acceptors (Lipinski definition) is 5. The molecule has 30 heavy (non-hydrogen) atoms. The number of nitrogens with one attached hydrogen (secondary N) is 2. The minimum atomic E-state index is -1.00. The van der Waals surface area contributed by atoms with Gasteiger partial charge >= 0.3 is 5.97 Å². The summed E-state index contributed by atoms with van der Waals surface area (Å²) in [5, 5.41) is 26.7. The molecule has 156 valence electrons. The van der Waals surface area contributed by atoms with Gasteiger partial charge in [0.15, 0.2) is 0 Å². The molecule has 7 heteroatoms. The van der Waals surface area contributed by atoms with Gasteiger partial charge in [0, 0.05) is 47.8 Å². The van der Waals surface area contributed by atoms with Crippen molar-refractivity contribution in [2.24, 2.45) is 0 Å². The lowest BCUT2D eigenvalue weighted by Crippen LogP contribution is -2.35. The Morgan fingerprint density at radius 3 is 2.63 bits per heavy atom. The molecule has 1 aromatic heterocycles. The fourth-order valence-corrected chi connectivity index (χ4v) is 3.21. The minimum Gasteiger partial charge on any atom is -0.478 e. The molecular weight excluding hydrogens is 402 g/mol. The van der Waals surface area contributed by atoms with Crippen molar-refractivity contribution in [1.29, 1.82) is 0 Å². The molecule has 0 spiro atoms. The van der Waals surface area contributed by atoms with E-state index in [1.54, 1.807) is 24.4 Å². The molecule has 4 N–H and O–H groups in total. The fourth-order valence-electron chi connectivity index (χ4n) is 3.01. The van der Waals surface area contributed by atoms with E-state index in [-0.39, 0.29) is 11.6 Å². The Kier molecular flexibility index (Phi) is 7.41. The van der Waals surface area contributed by atoms with Gasteiger partial charge in [-0.05, 0) is 48.4 Å². The molecule has 2 atom stereocenters. The third kappa shape index (κ3) is 6.03. The summed E-state index contributed by atoms with van der Waals surface area (Å²) in [4.78, 5) is 15.2. The Morgan fingerprint density at radius 1 is 1.07 bits per heavy atom. The van der Waals surface area contributed by atoms with Gasteiger partial charge in [-0.3, -0.25) is 4.98 Å². The highest BCUT2D eigenvalue weighted by Crippen LogP contribution is 2.23. The van der Waals surface area contributed by atoms with E-state index in [1.807, 2.05) is 43.3 Å². The van der Waals surface area contributed by atoms with Gasteiger partial charge in [0.05, 0.1) is 11.7 Å². The van der Waals surface area contributed by atoms with E-state index in [1.165, 1.54) is 6.20 Å². The monoisotopic (exact) mass is 425 g/mol. The molecular formula is C23H24ClN3O3. The maximum absolute atomic E-state index is 11.2. The van der Waals surface area contributed by atoms with E-state index in [0.717, 1.165) is 22.4 Å². The largest absolute Gasteiger partial charge is 0.478 e. The van der Waals surface area contributed by atoms with Crippen LogP contribution in [-0.2, 0) is 0 Å². The number of pyridine rings is 1. The number of carboxylic acids is 1. The first-order chi connectivity index (χ1) is 14.4. The van der Waals surface area contributed by atoms with Crippen LogP contribution in [0.1, 0.15) is 28.9 Å². The summed E-state index contributed by atoms with van der Waals surface area (Å²) in [6.07, 6.45) is 2.34. The van der Waals surface area contributed by atoms with Crippen molar-refractivity contribution in [2.45, 2.75) is 19.1 Å². The second-order valence-corrected chi connectivity index (χ2v) is 7.55. The summed E-state index contributed by atoms with van der Waals surface area (Å²) in [5.74, 6) is -1.00. The van der Waals surface area contributed by atoms with Crippen LogP contribution < -0.4 is 10.6 Å². The molecule has 6 nitrogen and oxygen atoms in total. The zero-order valence-corrected chi connectivity index (χ0v) is 17.3. The molecule has 0 radical (unpaired) electrons. The Hall–Kier alpha value is -2.93. The van der Waals surface area contributed by atoms with Crippen molar-refractivity contribution in [3.8, 4) is 11.1 Å². The normalized spacial score (nSPS) is 12.9. The summed E-state index contributed by atoms with van der Waals surface area (Å²) in [6, 6.07) is 16.7. The highest BCUT2D eigenvalue weighted by atomic mass is 35.5. The number of nitrogens with zero attached hydrogens (tertiary/aromatic N) is 1. The third-order valence-electron chi connectivity index (χ3n) is 4.69. The second-order valence-electron chi connectivity index (χ2n) is 7.11. The van der Waals surface area contributed by atoms with Gasteiger partial charge in [0.25, 0.3) is 0 Å². The molecule has 2 unspecified atom stereocenters. The summed E-state index contributed by atoms with van der Waals surface area (Å²) in [6.45, 7) is 3.10. The maximum Gasteiger partial charge on any atom is 0.337 e.